The van der Waals surface area contributed by atoms with Crippen molar-refractivity contribution in [2.45, 2.75) is 63.9 Å². The molecule has 0 aromatic heterocycles. The SMILES string of the molecule is CN(C)C(=O)CN1CC[C@@H](O)[C@]2(CCCN(C(=O)CCC3CCCC3)C2)C1. The molecule has 1 spiro atoms. The van der Waals surface area contributed by atoms with E-state index in [4.69, 9.17) is 0 Å². The number of likely N-dealkylation sites (tertiary alicyclic amines) is 2. The molecule has 3 rings (SSSR count). The van der Waals surface area contributed by atoms with Gasteiger partial charge in [0, 0.05) is 52.1 Å². The fourth-order valence-corrected chi connectivity index (χ4v) is 5.27. The zero-order chi connectivity index (χ0) is 19.4. The maximum atomic E-state index is 12.8. The molecule has 0 aromatic rings. The van der Waals surface area contributed by atoms with Crippen molar-refractivity contribution in [2.24, 2.45) is 11.3 Å². The molecule has 3 aliphatic rings. The average molecular weight is 380 g/mol. The van der Waals surface area contributed by atoms with Crippen molar-refractivity contribution in [3.8, 4) is 0 Å². The van der Waals surface area contributed by atoms with Crippen LogP contribution >= 0.6 is 0 Å². The highest BCUT2D eigenvalue weighted by molar-refractivity contribution is 5.77. The minimum absolute atomic E-state index is 0.0989. The van der Waals surface area contributed by atoms with Crippen LogP contribution in [0.4, 0.5) is 0 Å². The molecule has 1 aliphatic carbocycles. The minimum Gasteiger partial charge on any atom is -0.392 e. The van der Waals surface area contributed by atoms with E-state index in [0.29, 0.717) is 32.5 Å². The summed E-state index contributed by atoms with van der Waals surface area (Å²) in [4.78, 5) is 30.7. The molecule has 1 N–H and O–H groups in total. The molecule has 2 amide bonds. The van der Waals surface area contributed by atoms with Crippen molar-refractivity contribution < 1.29 is 14.7 Å². The van der Waals surface area contributed by atoms with Crippen molar-refractivity contribution in [3.63, 3.8) is 0 Å². The maximum Gasteiger partial charge on any atom is 0.236 e. The van der Waals surface area contributed by atoms with E-state index in [-0.39, 0.29) is 23.3 Å². The van der Waals surface area contributed by atoms with Gasteiger partial charge < -0.3 is 14.9 Å². The van der Waals surface area contributed by atoms with Crippen LogP contribution in [-0.4, -0.2) is 84.5 Å². The second-order valence-corrected chi connectivity index (χ2v) is 9.27. The van der Waals surface area contributed by atoms with Gasteiger partial charge in [0.25, 0.3) is 0 Å². The van der Waals surface area contributed by atoms with Crippen molar-refractivity contribution in [1.82, 2.24) is 14.7 Å². The lowest BCUT2D eigenvalue weighted by atomic mass is 9.71. The maximum absolute atomic E-state index is 12.8. The van der Waals surface area contributed by atoms with Gasteiger partial charge in [-0.05, 0) is 31.6 Å². The highest BCUT2D eigenvalue weighted by Crippen LogP contribution is 2.39. The minimum atomic E-state index is -0.381. The number of carbonyl (C=O) groups excluding carboxylic acids is 2. The lowest BCUT2D eigenvalue weighted by molar-refractivity contribution is -0.144. The van der Waals surface area contributed by atoms with E-state index in [1.807, 2.05) is 4.90 Å². The summed E-state index contributed by atoms with van der Waals surface area (Å²) in [5, 5.41) is 10.8. The van der Waals surface area contributed by atoms with E-state index < -0.39 is 0 Å². The van der Waals surface area contributed by atoms with Crippen LogP contribution in [0.1, 0.15) is 57.8 Å². The molecular weight excluding hydrogens is 342 g/mol. The third-order valence-corrected chi connectivity index (χ3v) is 7.02. The predicted molar refractivity (Wildman–Crippen MR) is 105 cm³/mol. The molecule has 6 nitrogen and oxygen atoms in total. The number of amides is 2. The second-order valence-electron chi connectivity index (χ2n) is 9.27. The van der Waals surface area contributed by atoms with Crippen molar-refractivity contribution in [1.29, 1.82) is 0 Å². The Balaban J connectivity index is 1.57. The second kappa shape index (κ2) is 8.91. The molecule has 6 heteroatoms. The topological polar surface area (TPSA) is 64.1 Å². The zero-order valence-corrected chi connectivity index (χ0v) is 17.2. The van der Waals surface area contributed by atoms with Crippen molar-refractivity contribution >= 4 is 11.8 Å². The van der Waals surface area contributed by atoms with Crippen LogP contribution in [0.5, 0.6) is 0 Å². The molecular formula is C21H37N3O3. The molecule has 0 aromatic carbocycles. The largest absolute Gasteiger partial charge is 0.392 e. The molecule has 2 atom stereocenters. The number of likely N-dealkylation sites (N-methyl/N-ethyl adjacent to an activating group) is 1. The monoisotopic (exact) mass is 379 g/mol. The molecule has 2 heterocycles. The number of piperidine rings is 2. The molecule has 154 valence electrons. The number of hydrogen-bond acceptors (Lipinski definition) is 4. The Kier molecular flexibility index (Phi) is 6.79. The first-order valence-corrected chi connectivity index (χ1v) is 10.8. The number of aliphatic hydroxyl groups excluding tert-OH is 1. The first kappa shape index (κ1) is 20.6. The Morgan fingerprint density at radius 2 is 1.81 bits per heavy atom. The molecule has 0 radical (unpaired) electrons. The van der Waals surface area contributed by atoms with Gasteiger partial charge in [-0.1, -0.05) is 25.7 Å². The third-order valence-electron chi connectivity index (χ3n) is 7.02. The number of aliphatic hydroxyl groups is 1. The van der Waals surface area contributed by atoms with E-state index in [1.54, 1.807) is 19.0 Å². The van der Waals surface area contributed by atoms with Crippen LogP contribution < -0.4 is 0 Å². The highest BCUT2D eigenvalue weighted by Gasteiger charge is 2.46. The van der Waals surface area contributed by atoms with Gasteiger partial charge in [-0.15, -0.1) is 0 Å². The summed E-state index contributed by atoms with van der Waals surface area (Å²) < 4.78 is 0. The van der Waals surface area contributed by atoms with Gasteiger partial charge in [-0.25, -0.2) is 0 Å². The summed E-state index contributed by atoms with van der Waals surface area (Å²) >= 11 is 0. The molecule has 2 saturated heterocycles. The Labute approximate surface area is 163 Å². The third kappa shape index (κ3) is 5.02. The normalized spacial score (nSPS) is 30.0. The van der Waals surface area contributed by atoms with E-state index in [0.717, 1.165) is 38.3 Å². The highest BCUT2D eigenvalue weighted by atomic mass is 16.3. The van der Waals surface area contributed by atoms with Crippen LogP contribution in [0.3, 0.4) is 0 Å². The average Bonchev–Trinajstić information content (AvgIpc) is 3.16. The van der Waals surface area contributed by atoms with Gasteiger partial charge in [0.15, 0.2) is 0 Å². The van der Waals surface area contributed by atoms with E-state index in [1.165, 1.54) is 25.7 Å². The van der Waals surface area contributed by atoms with Crippen LogP contribution in [0.2, 0.25) is 0 Å². The first-order chi connectivity index (χ1) is 12.9. The summed E-state index contributed by atoms with van der Waals surface area (Å²) in [6, 6.07) is 0. The van der Waals surface area contributed by atoms with Crippen LogP contribution in [0.15, 0.2) is 0 Å². The predicted octanol–water partition coefficient (Wildman–Crippen LogP) is 1.72. The van der Waals surface area contributed by atoms with Gasteiger partial charge in [0.2, 0.25) is 11.8 Å². The number of hydrogen-bond donors (Lipinski definition) is 1. The fourth-order valence-electron chi connectivity index (χ4n) is 5.27. The molecule has 0 bridgehead atoms. The number of rotatable bonds is 5. The Morgan fingerprint density at radius 1 is 1.07 bits per heavy atom. The number of nitrogens with zero attached hydrogens (tertiary/aromatic N) is 3. The lowest BCUT2D eigenvalue weighted by Crippen LogP contribution is -2.60. The van der Waals surface area contributed by atoms with Crippen molar-refractivity contribution in [2.75, 3.05) is 46.8 Å². The fraction of sp³-hybridized carbons (Fsp3) is 0.905. The van der Waals surface area contributed by atoms with Crippen molar-refractivity contribution in [3.05, 3.63) is 0 Å². The van der Waals surface area contributed by atoms with E-state index in [9.17, 15) is 14.7 Å². The molecule has 3 fully saturated rings. The number of carbonyl (C=O) groups is 2. The Hall–Kier alpha value is -1.14. The molecule has 2 aliphatic heterocycles. The van der Waals surface area contributed by atoms with Gasteiger partial charge in [-0.2, -0.15) is 0 Å². The molecule has 1 saturated carbocycles. The summed E-state index contributed by atoms with van der Waals surface area (Å²) in [5.41, 5.74) is -0.272. The van der Waals surface area contributed by atoms with Crippen LogP contribution in [0, 0.1) is 11.3 Å². The van der Waals surface area contributed by atoms with Gasteiger partial charge >= 0.3 is 0 Å². The van der Waals surface area contributed by atoms with Gasteiger partial charge in [0.05, 0.1) is 12.6 Å². The summed E-state index contributed by atoms with van der Waals surface area (Å²) in [7, 11) is 3.56. The molecule has 27 heavy (non-hydrogen) atoms. The first-order valence-electron chi connectivity index (χ1n) is 10.8. The summed E-state index contributed by atoms with van der Waals surface area (Å²) in [6.07, 6.45) is 9.07. The molecule has 0 unspecified atom stereocenters. The van der Waals surface area contributed by atoms with Gasteiger partial charge in [0.1, 0.15) is 0 Å². The van der Waals surface area contributed by atoms with Gasteiger partial charge in [-0.3, -0.25) is 14.5 Å². The van der Waals surface area contributed by atoms with E-state index in [2.05, 4.69) is 4.90 Å². The smallest absolute Gasteiger partial charge is 0.236 e. The van der Waals surface area contributed by atoms with Crippen LogP contribution in [-0.2, 0) is 9.59 Å². The standard InChI is InChI=1S/C21H37N3O3/c1-22(2)20(27)14-23-13-10-18(25)21(15-23)11-5-12-24(16-21)19(26)9-8-17-6-3-4-7-17/h17-18,25H,3-16H2,1-2H3/t18-,21-/m1/s1. The zero-order valence-electron chi connectivity index (χ0n) is 17.2. The summed E-state index contributed by atoms with van der Waals surface area (Å²) in [5.74, 6) is 1.09. The van der Waals surface area contributed by atoms with E-state index >= 15 is 0 Å². The lowest BCUT2D eigenvalue weighted by Gasteiger charge is -2.51. The van der Waals surface area contributed by atoms with Crippen LogP contribution in [0.25, 0.3) is 0 Å². The Morgan fingerprint density at radius 3 is 2.52 bits per heavy atom. The Bertz CT molecular complexity index is 533. The quantitative estimate of drug-likeness (QED) is 0.790. The summed E-state index contributed by atoms with van der Waals surface area (Å²) in [6.45, 7) is 3.31.